The van der Waals surface area contributed by atoms with Crippen molar-refractivity contribution in [2.75, 3.05) is 85.8 Å². The van der Waals surface area contributed by atoms with Crippen LogP contribution in [0, 0.1) is 0 Å². The maximum absolute atomic E-state index is 11.5. The van der Waals surface area contributed by atoms with Crippen molar-refractivity contribution in [3.05, 3.63) is 0 Å². The van der Waals surface area contributed by atoms with E-state index < -0.39 is 5.60 Å². The van der Waals surface area contributed by atoms with E-state index in [0.717, 1.165) is 0 Å². The molecule has 29 heavy (non-hydrogen) atoms. The van der Waals surface area contributed by atoms with Crippen LogP contribution in [0.25, 0.3) is 0 Å². The third kappa shape index (κ3) is 25.2. The monoisotopic (exact) mass is 423 g/mol. The lowest BCUT2D eigenvalue weighted by molar-refractivity contribution is -0.155. The standard InChI is InChI=1S/C20H41NO8/c1-20(2,3)29-19(22)5-4-7-23-9-11-25-13-15-27-17-18-28-16-14-26-12-10-24-8-6-21/h4-18,21H2,1-3H3. The average molecular weight is 424 g/mol. The van der Waals surface area contributed by atoms with Gasteiger partial charge in [0.05, 0.1) is 72.7 Å². The Labute approximate surface area is 175 Å². The van der Waals surface area contributed by atoms with Crippen molar-refractivity contribution in [3.8, 4) is 0 Å². The summed E-state index contributed by atoms with van der Waals surface area (Å²) in [5.74, 6) is -0.195. The van der Waals surface area contributed by atoms with E-state index in [9.17, 15) is 4.79 Å². The Bertz CT molecular complexity index is 363. The van der Waals surface area contributed by atoms with Crippen molar-refractivity contribution >= 4 is 5.97 Å². The number of nitrogens with two attached hydrogens (primary N) is 1. The summed E-state index contributed by atoms with van der Waals surface area (Å²) < 4.78 is 37.3. The van der Waals surface area contributed by atoms with Crippen LogP contribution in [0.2, 0.25) is 0 Å². The van der Waals surface area contributed by atoms with Crippen LogP contribution >= 0.6 is 0 Å². The second-order valence-corrected chi connectivity index (χ2v) is 7.15. The van der Waals surface area contributed by atoms with Crippen molar-refractivity contribution in [3.63, 3.8) is 0 Å². The quantitative estimate of drug-likeness (QED) is 0.215. The topological polar surface area (TPSA) is 108 Å². The number of hydrogen-bond acceptors (Lipinski definition) is 9. The molecule has 0 saturated heterocycles. The molecule has 0 saturated carbocycles. The molecule has 0 atom stereocenters. The van der Waals surface area contributed by atoms with E-state index in [4.69, 9.17) is 38.9 Å². The number of carbonyl (C=O) groups excluding carboxylic acids is 1. The highest BCUT2D eigenvalue weighted by Crippen LogP contribution is 2.08. The fourth-order valence-electron chi connectivity index (χ4n) is 2.00. The average Bonchev–Trinajstić information content (AvgIpc) is 2.65. The third-order valence-corrected chi connectivity index (χ3v) is 3.21. The molecule has 0 bridgehead atoms. The van der Waals surface area contributed by atoms with E-state index in [0.29, 0.717) is 98.7 Å². The summed E-state index contributed by atoms with van der Waals surface area (Å²) in [5, 5.41) is 0. The zero-order chi connectivity index (χ0) is 21.6. The molecule has 0 rings (SSSR count). The van der Waals surface area contributed by atoms with Crippen LogP contribution in [0.3, 0.4) is 0 Å². The minimum absolute atomic E-state index is 0.195. The zero-order valence-corrected chi connectivity index (χ0v) is 18.4. The first-order valence-electron chi connectivity index (χ1n) is 10.3. The molecule has 0 aromatic carbocycles. The Kier molecular flexibility index (Phi) is 19.9. The first-order chi connectivity index (χ1) is 14.0. The van der Waals surface area contributed by atoms with Gasteiger partial charge in [-0.25, -0.2) is 0 Å². The Hall–Kier alpha value is -0.810. The second kappa shape index (κ2) is 20.5. The van der Waals surface area contributed by atoms with Gasteiger partial charge in [0.25, 0.3) is 0 Å². The van der Waals surface area contributed by atoms with Gasteiger partial charge in [-0.3, -0.25) is 4.79 Å². The van der Waals surface area contributed by atoms with E-state index in [2.05, 4.69) is 0 Å². The van der Waals surface area contributed by atoms with Crippen LogP contribution in [0.5, 0.6) is 0 Å². The number of hydrogen-bond donors (Lipinski definition) is 1. The number of carbonyl (C=O) groups is 1. The highest BCUT2D eigenvalue weighted by molar-refractivity contribution is 5.69. The summed E-state index contributed by atoms with van der Waals surface area (Å²) in [7, 11) is 0. The van der Waals surface area contributed by atoms with E-state index in [-0.39, 0.29) is 5.97 Å². The molecule has 0 unspecified atom stereocenters. The maximum atomic E-state index is 11.5. The molecule has 9 heteroatoms. The highest BCUT2D eigenvalue weighted by Gasteiger charge is 2.15. The minimum atomic E-state index is -0.436. The van der Waals surface area contributed by atoms with Gasteiger partial charge in [0, 0.05) is 19.6 Å². The van der Waals surface area contributed by atoms with E-state index in [1.54, 1.807) is 0 Å². The Morgan fingerprint density at radius 1 is 0.621 bits per heavy atom. The molecule has 0 aliphatic rings. The van der Waals surface area contributed by atoms with Crippen LogP contribution in [-0.2, 0) is 38.0 Å². The molecular weight excluding hydrogens is 382 g/mol. The van der Waals surface area contributed by atoms with Gasteiger partial charge < -0.3 is 38.9 Å². The summed E-state index contributed by atoms with van der Waals surface area (Å²) in [6.07, 6.45) is 1.01. The van der Waals surface area contributed by atoms with Gasteiger partial charge in [-0.15, -0.1) is 0 Å². The lowest BCUT2D eigenvalue weighted by Gasteiger charge is -2.19. The molecular formula is C20H41NO8. The zero-order valence-electron chi connectivity index (χ0n) is 18.4. The second-order valence-electron chi connectivity index (χ2n) is 7.15. The molecule has 0 fully saturated rings. The fourth-order valence-corrected chi connectivity index (χ4v) is 2.00. The Morgan fingerprint density at radius 3 is 1.31 bits per heavy atom. The molecule has 0 spiro atoms. The van der Waals surface area contributed by atoms with Crippen molar-refractivity contribution in [2.24, 2.45) is 5.73 Å². The summed E-state index contributed by atoms with van der Waals surface area (Å²) in [4.78, 5) is 11.5. The van der Waals surface area contributed by atoms with Crippen LogP contribution in [-0.4, -0.2) is 97.4 Å². The van der Waals surface area contributed by atoms with Gasteiger partial charge in [0.2, 0.25) is 0 Å². The molecule has 0 amide bonds. The SMILES string of the molecule is CC(C)(C)OC(=O)CCCOCCOCCOCCOCCOCCOCCN. The molecule has 0 aliphatic heterocycles. The maximum Gasteiger partial charge on any atom is 0.306 e. The first kappa shape index (κ1) is 28.2. The van der Waals surface area contributed by atoms with E-state index >= 15 is 0 Å². The minimum Gasteiger partial charge on any atom is -0.460 e. The lowest BCUT2D eigenvalue weighted by atomic mass is 10.2. The van der Waals surface area contributed by atoms with Gasteiger partial charge >= 0.3 is 5.97 Å². The van der Waals surface area contributed by atoms with Crippen LogP contribution in [0.4, 0.5) is 0 Å². The summed E-state index contributed by atoms with van der Waals surface area (Å²) in [5.41, 5.74) is 4.87. The van der Waals surface area contributed by atoms with Crippen molar-refractivity contribution in [2.45, 2.75) is 39.2 Å². The Morgan fingerprint density at radius 2 is 0.966 bits per heavy atom. The first-order valence-corrected chi connectivity index (χ1v) is 10.3. The van der Waals surface area contributed by atoms with Gasteiger partial charge in [-0.2, -0.15) is 0 Å². The number of rotatable bonds is 21. The highest BCUT2D eigenvalue weighted by atomic mass is 16.6. The largest absolute Gasteiger partial charge is 0.460 e. The normalized spacial score (nSPS) is 11.7. The molecule has 0 heterocycles. The summed E-state index contributed by atoms with van der Waals surface area (Å²) >= 11 is 0. The number of esters is 1. The van der Waals surface area contributed by atoms with Crippen LogP contribution < -0.4 is 5.73 Å². The summed E-state index contributed by atoms with van der Waals surface area (Å²) in [6, 6.07) is 0. The lowest BCUT2D eigenvalue weighted by Crippen LogP contribution is -2.23. The van der Waals surface area contributed by atoms with Gasteiger partial charge in [0.15, 0.2) is 0 Å². The van der Waals surface area contributed by atoms with Crippen LogP contribution in [0.1, 0.15) is 33.6 Å². The molecule has 174 valence electrons. The van der Waals surface area contributed by atoms with E-state index in [1.807, 2.05) is 20.8 Å². The predicted molar refractivity (Wildman–Crippen MR) is 109 cm³/mol. The van der Waals surface area contributed by atoms with E-state index in [1.165, 1.54) is 0 Å². The van der Waals surface area contributed by atoms with Crippen molar-refractivity contribution in [1.82, 2.24) is 0 Å². The molecule has 2 N–H and O–H groups in total. The molecule has 0 aliphatic carbocycles. The van der Waals surface area contributed by atoms with Gasteiger partial charge in [0.1, 0.15) is 5.60 Å². The molecule has 0 radical (unpaired) electrons. The molecule has 0 aromatic rings. The summed E-state index contributed by atoms with van der Waals surface area (Å²) in [6.45, 7) is 12.4. The Balaban J connectivity index is 3.11. The van der Waals surface area contributed by atoms with Crippen molar-refractivity contribution < 1.29 is 38.0 Å². The number of ether oxygens (including phenoxy) is 7. The third-order valence-electron chi connectivity index (χ3n) is 3.21. The van der Waals surface area contributed by atoms with Gasteiger partial charge in [-0.1, -0.05) is 0 Å². The smallest absolute Gasteiger partial charge is 0.306 e. The molecule has 9 nitrogen and oxygen atoms in total. The van der Waals surface area contributed by atoms with Crippen molar-refractivity contribution in [1.29, 1.82) is 0 Å². The predicted octanol–water partition coefficient (Wildman–Crippen LogP) is 1.17. The fraction of sp³-hybridized carbons (Fsp3) is 0.950. The van der Waals surface area contributed by atoms with Gasteiger partial charge in [-0.05, 0) is 27.2 Å². The molecule has 0 aromatic heterocycles. The van der Waals surface area contributed by atoms with Crippen LogP contribution in [0.15, 0.2) is 0 Å².